The first-order valence-electron chi connectivity index (χ1n) is 19.2. The van der Waals surface area contributed by atoms with Crippen LogP contribution in [0.5, 0.6) is 0 Å². The van der Waals surface area contributed by atoms with Crippen LogP contribution in [0.15, 0.2) is 211 Å². The van der Waals surface area contributed by atoms with Gasteiger partial charge in [0.2, 0.25) is 5.89 Å². The summed E-state index contributed by atoms with van der Waals surface area (Å²) in [5.41, 5.74) is 12.6. The number of nitrogens with zero attached hydrogens (tertiary/aromatic N) is 2. The highest BCUT2D eigenvalue weighted by atomic mass is 32.1. The molecular weight excluding hydrogens is 713 g/mol. The minimum Gasteiger partial charge on any atom is -0.435 e. The molecule has 0 atom stereocenters. The van der Waals surface area contributed by atoms with Gasteiger partial charge in [-0.2, -0.15) is 0 Å². The molecule has 0 fully saturated rings. The van der Waals surface area contributed by atoms with Crippen LogP contribution in [0.1, 0.15) is 0 Å². The van der Waals surface area contributed by atoms with Crippen LogP contribution in [0.2, 0.25) is 0 Å². The molecule has 0 unspecified atom stereocenters. The molecule has 11 aromatic rings. The molecule has 2 heterocycles. The second-order valence-electron chi connectivity index (χ2n) is 14.3. The molecule has 0 N–H and O–H groups in total. The first-order valence-corrected chi connectivity index (χ1v) is 20.0. The number of benzene rings is 9. The largest absolute Gasteiger partial charge is 0.435 e. The van der Waals surface area contributed by atoms with Crippen LogP contribution in [0.3, 0.4) is 0 Å². The summed E-state index contributed by atoms with van der Waals surface area (Å²) in [5.74, 6) is 0.619. The molecule has 4 heteroatoms. The van der Waals surface area contributed by atoms with Crippen LogP contribution in [0.4, 0.5) is 17.1 Å². The zero-order valence-electron chi connectivity index (χ0n) is 30.8. The van der Waals surface area contributed by atoms with E-state index in [4.69, 9.17) is 9.40 Å². The maximum absolute atomic E-state index is 6.82. The van der Waals surface area contributed by atoms with Gasteiger partial charge in [0.05, 0.1) is 0 Å². The van der Waals surface area contributed by atoms with Crippen molar-refractivity contribution in [3.05, 3.63) is 206 Å². The number of fused-ring (bicyclic) bond motifs is 5. The Bertz CT molecular complexity index is 3220. The molecule has 0 saturated carbocycles. The fraction of sp³-hybridized carbons (Fsp3) is 0. The van der Waals surface area contributed by atoms with Crippen molar-refractivity contribution in [3.8, 4) is 44.8 Å². The Morgan fingerprint density at radius 3 is 1.79 bits per heavy atom. The highest BCUT2D eigenvalue weighted by Crippen LogP contribution is 2.49. The molecule has 268 valence electrons. The van der Waals surface area contributed by atoms with E-state index in [1.165, 1.54) is 42.1 Å². The predicted octanol–water partition coefficient (Wildman–Crippen LogP) is 15.5. The van der Waals surface area contributed by atoms with E-state index in [-0.39, 0.29) is 0 Å². The average molecular weight is 747 g/mol. The third kappa shape index (κ3) is 5.86. The summed E-state index contributed by atoms with van der Waals surface area (Å²) in [5, 5.41) is 4.82. The van der Waals surface area contributed by atoms with E-state index in [1.807, 2.05) is 29.5 Å². The quantitative estimate of drug-likeness (QED) is 0.163. The summed E-state index contributed by atoms with van der Waals surface area (Å²) in [4.78, 5) is 7.49. The number of rotatable bonds is 7. The van der Waals surface area contributed by atoms with E-state index in [9.17, 15) is 0 Å². The van der Waals surface area contributed by atoms with E-state index >= 15 is 0 Å². The van der Waals surface area contributed by atoms with Gasteiger partial charge in [0.15, 0.2) is 5.58 Å². The lowest BCUT2D eigenvalue weighted by atomic mass is 9.92. The van der Waals surface area contributed by atoms with Crippen LogP contribution in [-0.4, -0.2) is 4.98 Å². The lowest BCUT2D eigenvalue weighted by molar-refractivity contribution is 0.621. The Labute approximate surface area is 334 Å². The summed E-state index contributed by atoms with van der Waals surface area (Å²) >= 11 is 1.81. The van der Waals surface area contributed by atoms with E-state index < -0.39 is 0 Å². The number of hydrogen-bond donors (Lipinski definition) is 0. The van der Waals surface area contributed by atoms with Crippen molar-refractivity contribution in [2.75, 3.05) is 4.90 Å². The van der Waals surface area contributed by atoms with Crippen molar-refractivity contribution >= 4 is 70.4 Å². The molecule has 0 spiro atoms. The van der Waals surface area contributed by atoms with Gasteiger partial charge < -0.3 is 9.32 Å². The third-order valence-corrected chi connectivity index (χ3v) is 12.1. The molecule has 0 amide bonds. The Kier molecular flexibility index (Phi) is 8.01. The Balaban J connectivity index is 1.16. The lowest BCUT2D eigenvalue weighted by Gasteiger charge is -2.27. The number of anilines is 3. The van der Waals surface area contributed by atoms with E-state index in [0.717, 1.165) is 56.0 Å². The summed E-state index contributed by atoms with van der Waals surface area (Å²) < 4.78 is 9.25. The number of aromatic nitrogens is 1. The van der Waals surface area contributed by atoms with Gasteiger partial charge in [0, 0.05) is 48.4 Å². The molecule has 9 aromatic carbocycles. The number of thiophene rings is 1. The molecule has 0 radical (unpaired) electrons. The second kappa shape index (κ2) is 13.8. The maximum atomic E-state index is 6.82. The van der Waals surface area contributed by atoms with Crippen molar-refractivity contribution in [1.82, 2.24) is 4.98 Å². The van der Waals surface area contributed by atoms with E-state index in [1.54, 1.807) is 0 Å². The van der Waals surface area contributed by atoms with Gasteiger partial charge in [-0.15, -0.1) is 11.3 Å². The average Bonchev–Trinajstić information content (AvgIpc) is 3.88. The van der Waals surface area contributed by atoms with Gasteiger partial charge in [-0.3, -0.25) is 0 Å². The van der Waals surface area contributed by atoms with Crippen molar-refractivity contribution in [2.24, 2.45) is 0 Å². The fourth-order valence-electron chi connectivity index (χ4n) is 8.13. The van der Waals surface area contributed by atoms with Crippen LogP contribution in [-0.2, 0) is 0 Å². The minimum atomic E-state index is 0.619. The highest BCUT2D eigenvalue weighted by Gasteiger charge is 2.24. The summed E-state index contributed by atoms with van der Waals surface area (Å²) in [6.45, 7) is 0. The minimum absolute atomic E-state index is 0.619. The molecular formula is C53H34N2OS. The lowest BCUT2D eigenvalue weighted by Crippen LogP contribution is -2.10. The molecule has 0 aliphatic rings. The Morgan fingerprint density at radius 2 is 1.02 bits per heavy atom. The number of oxazole rings is 1. The predicted molar refractivity (Wildman–Crippen MR) is 241 cm³/mol. The van der Waals surface area contributed by atoms with Crippen LogP contribution >= 0.6 is 11.3 Å². The molecule has 57 heavy (non-hydrogen) atoms. The molecule has 11 rings (SSSR count). The van der Waals surface area contributed by atoms with Gasteiger partial charge in [0.1, 0.15) is 5.52 Å². The van der Waals surface area contributed by atoms with E-state index in [2.05, 4.69) is 193 Å². The smallest absolute Gasteiger partial charge is 0.227 e. The van der Waals surface area contributed by atoms with Gasteiger partial charge in [-0.1, -0.05) is 146 Å². The van der Waals surface area contributed by atoms with E-state index in [0.29, 0.717) is 5.89 Å². The first kappa shape index (κ1) is 33.1. The van der Waals surface area contributed by atoms with Gasteiger partial charge in [-0.05, 0) is 99.3 Å². The van der Waals surface area contributed by atoms with Crippen molar-refractivity contribution < 1.29 is 4.42 Å². The van der Waals surface area contributed by atoms with Crippen LogP contribution < -0.4 is 4.90 Å². The zero-order valence-corrected chi connectivity index (χ0v) is 31.7. The summed E-state index contributed by atoms with van der Waals surface area (Å²) in [6, 6.07) is 73.4. The number of hydrogen-bond acceptors (Lipinski definition) is 4. The summed E-state index contributed by atoms with van der Waals surface area (Å²) in [7, 11) is 0. The fourth-order valence-corrected chi connectivity index (χ4v) is 9.37. The maximum Gasteiger partial charge on any atom is 0.227 e. The Hall–Kier alpha value is -7.27. The first-order chi connectivity index (χ1) is 28.2. The molecule has 2 aromatic heterocycles. The van der Waals surface area contributed by atoms with Crippen molar-refractivity contribution in [2.45, 2.75) is 0 Å². The second-order valence-corrected chi connectivity index (χ2v) is 15.4. The van der Waals surface area contributed by atoms with Gasteiger partial charge in [0.25, 0.3) is 0 Å². The standard InChI is InChI=1S/C53H34N2OS/c1-4-14-35(15-5-1)37-24-27-41(28-25-37)55(42-29-26-36-16-10-11-21-40(36)32-42)43-30-31-45(46(33-43)38-17-6-2-7-18-38)50-51-48(54-53(56-51)39-19-8-3-9-20-39)34-47-44-22-12-13-23-49(44)57-52(47)50/h1-34H. The molecule has 0 saturated heterocycles. The Morgan fingerprint density at radius 1 is 0.421 bits per heavy atom. The van der Waals surface area contributed by atoms with Crippen molar-refractivity contribution in [1.29, 1.82) is 0 Å². The third-order valence-electron chi connectivity index (χ3n) is 10.9. The highest BCUT2D eigenvalue weighted by molar-refractivity contribution is 7.26. The van der Waals surface area contributed by atoms with Gasteiger partial charge >= 0.3 is 0 Å². The van der Waals surface area contributed by atoms with Gasteiger partial charge in [-0.25, -0.2) is 4.98 Å². The topological polar surface area (TPSA) is 29.3 Å². The molecule has 0 aliphatic carbocycles. The molecule has 0 bridgehead atoms. The van der Waals surface area contributed by atoms with Crippen LogP contribution in [0.25, 0.3) is 86.9 Å². The van der Waals surface area contributed by atoms with Crippen molar-refractivity contribution in [3.63, 3.8) is 0 Å². The normalized spacial score (nSPS) is 11.5. The zero-order chi connectivity index (χ0) is 37.7. The monoisotopic (exact) mass is 746 g/mol. The molecule has 0 aliphatic heterocycles. The molecule has 3 nitrogen and oxygen atoms in total. The summed E-state index contributed by atoms with van der Waals surface area (Å²) in [6.07, 6.45) is 0. The SMILES string of the molecule is c1ccc(-c2ccc(N(c3ccc(-c4c5oc(-c6ccccc6)nc5cc5c4sc4ccccc45)c(-c4ccccc4)c3)c3ccc4ccccc4c3)cc2)cc1. The van der Waals surface area contributed by atoms with Crippen LogP contribution in [0, 0.1) is 0 Å².